The van der Waals surface area contributed by atoms with Crippen molar-refractivity contribution >= 4 is 34.7 Å². The molecular formula is C28H30F3N5O. The van der Waals surface area contributed by atoms with Gasteiger partial charge in [0.25, 0.3) is 0 Å². The maximum Gasteiger partial charge on any atom is 0.418 e. The Bertz CT molecular complexity index is 1250. The van der Waals surface area contributed by atoms with Gasteiger partial charge in [0.15, 0.2) is 0 Å². The van der Waals surface area contributed by atoms with E-state index in [0.717, 1.165) is 24.2 Å². The number of carbonyl (C=O) groups is 1. The molecule has 3 aromatic carbocycles. The van der Waals surface area contributed by atoms with Crippen LogP contribution in [-0.4, -0.2) is 44.0 Å². The topological polar surface area (TPSA) is 73.6 Å². The van der Waals surface area contributed by atoms with Crippen molar-refractivity contribution < 1.29 is 18.0 Å². The van der Waals surface area contributed by atoms with E-state index >= 15 is 0 Å². The van der Waals surface area contributed by atoms with Gasteiger partial charge in [-0.15, -0.1) is 0 Å². The summed E-state index contributed by atoms with van der Waals surface area (Å²) in [5.41, 5.74) is 8.58. The van der Waals surface area contributed by atoms with Gasteiger partial charge >= 0.3 is 6.18 Å². The molecule has 0 radical (unpaired) electrons. The number of benzene rings is 3. The van der Waals surface area contributed by atoms with Crippen molar-refractivity contribution in [2.24, 2.45) is 0 Å². The molecule has 4 rings (SSSR count). The van der Waals surface area contributed by atoms with Crippen LogP contribution in [0, 0.1) is 0 Å². The minimum Gasteiger partial charge on any atom is -0.397 e. The summed E-state index contributed by atoms with van der Waals surface area (Å²) < 4.78 is 41.5. The lowest BCUT2D eigenvalue weighted by Crippen LogP contribution is -2.45. The van der Waals surface area contributed by atoms with Crippen LogP contribution in [0.25, 0.3) is 6.08 Å². The smallest absolute Gasteiger partial charge is 0.397 e. The standard InChI is InChI=1S/C28H30F3N5O/c1-35-14-16-36(17-15-35)26-12-11-22(18-23(26)28(29,30)31)33-19-21-8-6-20(7-9-21)10-13-27(37)34-25-5-3-2-4-24(25)32/h2-13,18,33H,14-17,19,32H2,1H3,(H,34,37)/b13-10+. The first kappa shape index (κ1) is 26.1. The third kappa shape index (κ3) is 7.04. The lowest BCUT2D eigenvalue weighted by Gasteiger charge is -2.35. The number of piperazine rings is 1. The van der Waals surface area contributed by atoms with E-state index in [1.165, 1.54) is 12.1 Å². The summed E-state index contributed by atoms with van der Waals surface area (Å²) in [6.45, 7) is 2.96. The summed E-state index contributed by atoms with van der Waals surface area (Å²) in [5.74, 6) is -0.302. The first-order chi connectivity index (χ1) is 17.7. The van der Waals surface area contributed by atoms with E-state index in [1.807, 2.05) is 31.3 Å². The first-order valence-electron chi connectivity index (χ1n) is 12.0. The molecule has 6 nitrogen and oxygen atoms in total. The Kier molecular flexibility index (Phi) is 8.03. The molecule has 4 N–H and O–H groups in total. The zero-order chi connectivity index (χ0) is 26.4. The van der Waals surface area contributed by atoms with Crippen molar-refractivity contribution in [1.82, 2.24) is 4.90 Å². The number of nitrogens with zero attached hydrogens (tertiary/aromatic N) is 2. The number of halogens is 3. The van der Waals surface area contributed by atoms with Crippen molar-refractivity contribution in [3.05, 3.63) is 89.5 Å². The van der Waals surface area contributed by atoms with E-state index in [-0.39, 0.29) is 11.6 Å². The minimum atomic E-state index is -4.44. The molecule has 1 saturated heterocycles. The molecule has 37 heavy (non-hydrogen) atoms. The molecule has 9 heteroatoms. The molecular weight excluding hydrogens is 479 g/mol. The fourth-order valence-electron chi connectivity index (χ4n) is 4.10. The number of para-hydroxylation sites is 2. The maximum atomic E-state index is 13.8. The third-order valence-electron chi connectivity index (χ3n) is 6.27. The molecule has 1 aliphatic rings. The number of carbonyl (C=O) groups excluding carboxylic acids is 1. The Morgan fingerprint density at radius 2 is 1.70 bits per heavy atom. The number of likely N-dealkylation sites (N-methyl/N-ethyl adjacent to an activating group) is 1. The molecule has 1 aliphatic heterocycles. The second kappa shape index (κ2) is 11.4. The van der Waals surface area contributed by atoms with Gasteiger partial charge in [-0.2, -0.15) is 13.2 Å². The summed E-state index contributed by atoms with van der Waals surface area (Å²) in [6.07, 6.45) is -1.35. The summed E-state index contributed by atoms with van der Waals surface area (Å²) in [5, 5.41) is 5.82. The fraction of sp³-hybridized carbons (Fsp3) is 0.250. The van der Waals surface area contributed by atoms with Gasteiger partial charge in [-0.05, 0) is 54.6 Å². The van der Waals surface area contributed by atoms with Crippen molar-refractivity contribution in [1.29, 1.82) is 0 Å². The highest BCUT2D eigenvalue weighted by Gasteiger charge is 2.35. The number of nitrogen functional groups attached to an aromatic ring is 1. The number of nitrogens with one attached hydrogen (secondary N) is 2. The average Bonchev–Trinajstić information content (AvgIpc) is 2.88. The lowest BCUT2D eigenvalue weighted by atomic mass is 10.1. The van der Waals surface area contributed by atoms with Gasteiger partial charge < -0.3 is 26.2 Å². The van der Waals surface area contributed by atoms with E-state index in [1.54, 1.807) is 47.4 Å². The lowest BCUT2D eigenvalue weighted by molar-refractivity contribution is -0.137. The second-order valence-electron chi connectivity index (χ2n) is 9.02. The van der Waals surface area contributed by atoms with Crippen LogP contribution in [0.2, 0.25) is 0 Å². The van der Waals surface area contributed by atoms with Gasteiger partial charge in [0, 0.05) is 50.2 Å². The Balaban J connectivity index is 1.36. The van der Waals surface area contributed by atoms with Gasteiger partial charge in [0.05, 0.1) is 16.9 Å². The normalized spacial score (nSPS) is 14.6. The summed E-state index contributed by atoms with van der Waals surface area (Å²) in [4.78, 5) is 16.1. The van der Waals surface area contributed by atoms with E-state index in [0.29, 0.717) is 36.7 Å². The van der Waals surface area contributed by atoms with Crippen molar-refractivity contribution in [3.63, 3.8) is 0 Å². The van der Waals surface area contributed by atoms with Crippen LogP contribution in [0.3, 0.4) is 0 Å². The van der Waals surface area contributed by atoms with Gasteiger partial charge in [-0.25, -0.2) is 0 Å². The Morgan fingerprint density at radius 1 is 1.00 bits per heavy atom. The van der Waals surface area contributed by atoms with Crippen LogP contribution in [0.4, 0.5) is 35.9 Å². The largest absolute Gasteiger partial charge is 0.418 e. The number of hydrogen-bond donors (Lipinski definition) is 3. The highest BCUT2D eigenvalue weighted by Crippen LogP contribution is 2.38. The number of anilines is 4. The number of rotatable bonds is 7. The minimum absolute atomic E-state index is 0.223. The van der Waals surface area contributed by atoms with Crippen molar-refractivity contribution in [2.45, 2.75) is 12.7 Å². The molecule has 3 aromatic rings. The summed E-state index contributed by atoms with van der Waals surface area (Å²) >= 11 is 0. The predicted molar refractivity (Wildman–Crippen MR) is 143 cm³/mol. The monoisotopic (exact) mass is 509 g/mol. The van der Waals surface area contributed by atoms with E-state index in [2.05, 4.69) is 15.5 Å². The number of hydrogen-bond acceptors (Lipinski definition) is 5. The highest BCUT2D eigenvalue weighted by atomic mass is 19.4. The zero-order valence-corrected chi connectivity index (χ0v) is 20.6. The van der Waals surface area contributed by atoms with Gasteiger partial charge in [-0.3, -0.25) is 4.79 Å². The van der Waals surface area contributed by atoms with Crippen molar-refractivity contribution in [3.8, 4) is 0 Å². The van der Waals surface area contributed by atoms with Gasteiger partial charge in [0.1, 0.15) is 0 Å². The summed E-state index contributed by atoms with van der Waals surface area (Å²) in [7, 11) is 1.97. The second-order valence-corrected chi connectivity index (χ2v) is 9.02. The zero-order valence-electron chi connectivity index (χ0n) is 20.6. The van der Waals surface area contributed by atoms with Gasteiger partial charge in [-0.1, -0.05) is 36.4 Å². The Morgan fingerprint density at radius 3 is 2.38 bits per heavy atom. The molecule has 1 amide bonds. The molecule has 0 aromatic heterocycles. The van der Waals surface area contributed by atoms with Crippen LogP contribution >= 0.6 is 0 Å². The van der Waals surface area contributed by atoms with E-state index < -0.39 is 11.7 Å². The molecule has 1 fully saturated rings. The van der Waals surface area contributed by atoms with E-state index in [9.17, 15) is 18.0 Å². The average molecular weight is 510 g/mol. The Hall–Kier alpha value is -3.98. The van der Waals surface area contributed by atoms with Gasteiger partial charge in [0.2, 0.25) is 5.91 Å². The van der Waals surface area contributed by atoms with Crippen LogP contribution < -0.4 is 21.3 Å². The molecule has 0 spiro atoms. The molecule has 0 saturated carbocycles. The van der Waals surface area contributed by atoms with Crippen LogP contribution in [0.1, 0.15) is 16.7 Å². The van der Waals surface area contributed by atoms with Crippen LogP contribution in [-0.2, 0) is 17.5 Å². The van der Waals surface area contributed by atoms with Crippen molar-refractivity contribution in [2.75, 3.05) is 54.5 Å². The first-order valence-corrected chi connectivity index (χ1v) is 12.0. The maximum absolute atomic E-state index is 13.8. The molecule has 0 bridgehead atoms. The third-order valence-corrected chi connectivity index (χ3v) is 6.27. The molecule has 0 atom stereocenters. The molecule has 1 heterocycles. The van der Waals surface area contributed by atoms with Crippen LogP contribution in [0.5, 0.6) is 0 Å². The number of nitrogens with two attached hydrogens (primary N) is 1. The Labute approximate surface area is 214 Å². The number of alkyl halides is 3. The molecule has 0 aliphatic carbocycles. The van der Waals surface area contributed by atoms with Crippen LogP contribution in [0.15, 0.2) is 72.8 Å². The highest BCUT2D eigenvalue weighted by molar-refractivity contribution is 6.03. The predicted octanol–water partition coefficient (Wildman–Crippen LogP) is 5.30. The summed E-state index contributed by atoms with van der Waals surface area (Å²) in [6, 6.07) is 18.8. The SMILES string of the molecule is CN1CCN(c2ccc(NCc3ccc(/C=C/C(=O)Nc4ccccc4N)cc3)cc2C(F)(F)F)CC1. The molecule has 194 valence electrons. The van der Waals surface area contributed by atoms with E-state index in [4.69, 9.17) is 5.73 Å². The quantitative estimate of drug-likeness (QED) is 0.298. The fourth-order valence-corrected chi connectivity index (χ4v) is 4.10. The molecule has 0 unspecified atom stereocenters. The number of amides is 1.